The van der Waals surface area contributed by atoms with Crippen LogP contribution in [0, 0.1) is 5.92 Å². The zero-order valence-electron chi connectivity index (χ0n) is 13.7. The Morgan fingerprint density at radius 1 is 1.28 bits per heavy atom. The number of nitrogens with zero attached hydrogens (tertiary/aromatic N) is 1. The molecule has 140 valence electrons. The molecule has 0 atom stereocenters. The second kappa shape index (κ2) is 9.05. The van der Waals surface area contributed by atoms with Crippen molar-refractivity contribution >= 4 is 29.9 Å². The van der Waals surface area contributed by atoms with Gasteiger partial charge in [-0.25, -0.2) is 0 Å². The normalized spacial score (nSPS) is 13.8. The first-order valence-electron chi connectivity index (χ1n) is 7.67. The van der Waals surface area contributed by atoms with Crippen LogP contribution in [0.1, 0.15) is 18.4 Å². The largest absolute Gasteiger partial charge is 0.471 e. The summed E-state index contributed by atoms with van der Waals surface area (Å²) in [5.41, 5.74) is 0.984. The lowest BCUT2D eigenvalue weighted by Gasteiger charge is -2.19. The zero-order chi connectivity index (χ0) is 17.7. The van der Waals surface area contributed by atoms with E-state index in [1.54, 1.807) is 24.3 Å². The summed E-state index contributed by atoms with van der Waals surface area (Å²) in [6.07, 6.45) is -2.50. The van der Waals surface area contributed by atoms with Crippen LogP contribution in [-0.2, 0) is 16.1 Å². The Hall–Kier alpha value is -1.80. The molecular weight excluding hydrogens is 359 g/mol. The highest BCUT2D eigenvalue weighted by molar-refractivity contribution is 5.92. The standard InChI is InChI=1S/C16H20F3N3O2.ClH/c1-22(15(24)16(17,18)19)10-12-3-2-4-13(7-12)21-14(23)9-20-8-11-5-6-11;/h2-4,7,11,20H,5-6,8-10H2,1H3,(H,21,23);1H. The van der Waals surface area contributed by atoms with Gasteiger partial charge in [-0.1, -0.05) is 12.1 Å². The van der Waals surface area contributed by atoms with Gasteiger partial charge in [0.1, 0.15) is 0 Å². The van der Waals surface area contributed by atoms with Gasteiger partial charge in [-0.3, -0.25) is 9.59 Å². The van der Waals surface area contributed by atoms with E-state index in [1.165, 1.54) is 12.8 Å². The second-order valence-corrected chi connectivity index (χ2v) is 5.98. The number of amides is 2. The summed E-state index contributed by atoms with van der Waals surface area (Å²) in [6, 6.07) is 6.42. The third kappa shape index (κ3) is 7.31. The molecule has 0 aromatic heterocycles. The van der Waals surface area contributed by atoms with Gasteiger partial charge in [0.25, 0.3) is 0 Å². The van der Waals surface area contributed by atoms with E-state index in [9.17, 15) is 22.8 Å². The van der Waals surface area contributed by atoms with Crippen molar-refractivity contribution in [3.05, 3.63) is 29.8 Å². The molecule has 0 spiro atoms. The van der Waals surface area contributed by atoms with Crippen LogP contribution < -0.4 is 10.6 Å². The average Bonchev–Trinajstić information content (AvgIpc) is 3.30. The molecule has 1 aliphatic carbocycles. The lowest BCUT2D eigenvalue weighted by Crippen LogP contribution is -2.37. The third-order valence-electron chi connectivity index (χ3n) is 3.64. The minimum atomic E-state index is -4.90. The highest BCUT2D eigenvalue weighted by Crippen LogP contribution is 2.27. The topological polar surface area (TPSA) is 61.4 Å². The van der Waals surface area contributed by atoms with Crippen molar-refractivity contribution < 1.29 is 22.8 Å². The number of hydrogen-bond acceptors (Lipinski definition) is 3. The number of halogens is 4. The van der Waals surface area contributed by atoms with Gasteiger partial charge in [0, 0.05) is 19.3 Å². The summed E-state index contributed by atoms with van der Waals surface area (Å²) < 4.78 is 37.1. The van der Waals surface area contributed by atoms with Gasteiger partial charge in [0.15, 0.2) is 0 Å². The molecule has 25 heavy (non-hydrogen) atoms. The van der Waals surface area contributed by atoms with E-state index < -0.39 is 12.1 Å². The van der Waals surface area contributed by atoms with Crippen molar-refractivity contribution in [1.29, 1.82) is 0 Å². The second-order valence-electron chi connectivity index (χ2n) is 5.98. The smallest absolute Gasteiger partial charge is 0.334 e. The fraction of sp³-hybridized carbons (Fsp3) is 0.500. The summed E-state index contributed by atoms with van der Waals surface area (Å²) in [7, 11) is 1.09. The number of carbonyl (C=O) groups excluding carboxylic acids is 2. The van der Waals surface area contributed by atoms with Gasteiger partial charge >= 0.3 is 12.1 Å². The van der Waals surface area contributed by atoms with Crippen molar-refractivity contribution in [2.24, 2.45) is 5.92 Å². The maximum absolute atomic E-state index is 12.4. The maximum atomic E-state index is 12.4. The SMILES string of the molecule is CN(Cc1cccc(NC(=O)CNCC2CC2)c1)C(=O)C(F)(F)F.Cl. The Morgan fingerprint density at radius 2 is 1.96 bits per heavy atom. The molecule has 0 heterocycles. The number of anilines is 1. The summed E-state index contributed by atoms with van der Waals surface area (Å²) in [5.74, 6) is -1.45. The fourth-order valence-electron chi connectivity index (χ4n) is 2.23. The van der Waals surface area contributed by atoms with Crippen molar-refractivity contribution in [2.45, 2.75) is 25.6 Å². The van der Waals surface area contributed by atoms with Crippen LogP contribution in [0.15, 0.2) is 24.3 Å². The minimum Gasteiger partial charge on any atom is -0.334 e. The molecule has 5 nitrogen and oxygen atoms in total. The van der Waals surface area contributed by atoms with Crippen LogP contribution in [0.4, 0.5) is 18.9 Å². The Kier molecular flexibility index (Phi) is 7.69. The van der Waals surface area contributed by atoms with Crippen LogP contribution in [0.3, 0.4) is 0 Å². The third-order valence-corrected chi connectivity index (χ3v) is 3.64. The predicted molar refractivity (Wildman–Crippen MR) is 90.4 cm³/mol. The van der Waals surface area contributed by atoms with E-state index >= 15 is 0 Å². The van der Waals surface area contributed by atoms with Crippen molar-refractivity contribution in [3.8, 4) is 0 Å². The monoisotopic (exact) mass is 379 g/mol. The van der Waals surface area contributed by atoms with Crippen LogP contribution in [0.2, 0.25) is 0 Å². The molecule has 1 aliphatic rings. The molecule has 0 radical (unpaired) electrons. The maximum Gasteiger partial charge on any atom is 0.471 e. The lowest BCUT2D eigenvalue weighted by atomic mass is 10.2. The van der Waals surface area contributed by atoms with Crippen LogP contribution in [-0.4, -0.2) is 43.0 Å². The van der Waals surface area contributed by atoms with Gasteiger partial charge in [-0.2, -0.15) is 13.2 Å². The molecule has 9 heteroatoms. The first-order chi connectivity index (χ1) is 11.3. The van der Waals surface area contributed by atoms with E-state index in [-0.39, 0.29) is 31.4 Å². The predicted octanol–water partition coefficient (Wildman–Crippen LogP) is 2.57. The number of nitrogens with one attached hydrogen (secondary N) is 2. The highest BCUT2D eigenvalue weighted by atomic mass is 35.5. The van der Waals surface area contributed by atoms with Crippen LogP contribution in [0.5, 0.6) is 0 Å². The summed E-state index contributed by atoms with van der Waals surface area (Å²) >= 11 is 0. The van der Waals surface area contributed by atoms with Gasteiger partial charge in [-0.05, 0) is 43.0 Å². The number of carbonyl (C=O) groups is 2. The van der Waals surface area contributed by atoms with Gasteiger partial charge in [0.2, 0.25) is 5.91 Å². The molecule has 0 aliphatic heterocycles. The van der Waals surface area contributed by atoms with Crippen molar-refractivity contribution in [1.82, 2.24) is 10.2 Å². The van der Waals surface area contributed by atoms with Crippen molar-refractivity contribution in [3.63, 3.8) is 0 Å². The molecule has 2 amide bonds. The molecule has 1 aromatic carbocycles. The Labute approximate surface area is 150 Å². The van der Waals surface area contributed by atoms with Gasteiger partial charge in [-0.15, -0.1) is 12.4 Å². The summed E-state index contributed by atoms with van der Waals surface area (Å²) in [6.45, 7) is 0.812. The van der Waals surface area contributed by atoms with E-state index in [0.29, 0.717) is 22.1 Å². The Bertz CT molecular complexity index is 607. The number of rotatable bonds is 7. The molecule has 0 bridgehead atoms. The molecular formula is C16H21ClF3N3O2. The minimum absolute atomic E-state index is 0. The van der Waals surface area contributed by atoms with E-state index in [1.807, 2.05) is 0 Å². The number of benzene rings is 1. The van der Waals surface area contributed by atoms with Crippen LogP contribution >= 0.6 is 12.4 Å². The zero-order valence-corrected chi connectivity index (χ0v) is 14.5. The van der Waals surface area contributed by atoms with Gasteiger partial charge in [0.05, 0.1) is 6.54 Å². The van der Waals surface area contributed by atoms with E-state index in [4.69, 9.17) is 0 Å². The van der Waals surface area contributed by atoms with E-state index in [2.05, 4.69) is 10.6 Å². The highest BCUT2D eigenvalue weighted by Gasteiger charge is 2.41. The molecule has 0 unspecified atom stereocenters. The summed E-state index contributed by atoms with van der Waals surface area (Å²) in [4.78, 5) is 23.5. The number of hydrogen-bond donors (Lipinski definition) is 2. The summed E-state index contributed by atoms with van der Waals surface area (Å²) in [5, 5.41) is 5.74. The van der Waals surface area contributed by atoms with Crippen molar-refractivity contribution in [2.75, 3.05) is 25.5 Å². The molecule has 0 saturated heterocycles. The molecule has 2 N–H and O–H groups in total. The average molecular weight is 380 g/mol. The molecule has 2 rings (SSSR count). The lowest BCUT2D eigenvalue weighted by molar-refractivity contribution is -0.184. The first-order valence-corrected chi connectivity index (χ1v) is 7.67. The van der Waals surface area contributed by atoms with Crippen LogP contribution in [0.25, 0.3) is 0 Å². The molecule has 1 saturated carbocycles. The Morgan fingerprint density at radius 3 is 2.56 bits per heavy atom. The molecule has 1 fully saturated rings. The Balaban J connectivity index is 0.00000312. The quantitative estimate of drug-likeness (QED) is 0.765. The first kappa shape index (κ1) is 21.2. The van der Waals surface area contributed by atoms with E-state index in [0.717, 1.165) is 13.6 Å². The molecule has 1 aromatic rings. The number of alkyl halides is 3. The van der Waals surface area contributed by atoms with Gasteiger partial charge < -0.3 is 15.5 Å². The fourth-order valence-corrected chi connectivity index (χ4v) is 2.23.